The molecule has 2 aromatic carbocycles. The summed E-state index contributed by atoms with van der Waals surface area (Å²) in [6.45, 7) is 10.3. The molecule has 42 heavy (non-hydrogen) atoms. The van der Waals surface area contributed by atoms with E-state index >= 15 is 0 Å². The van der Waals surface area contributed by atoms with Gasteiger partial charge in [0.25, 0.3) is 5.56 Å². The van der Waals surface area contributed by atoms with Gasteiger partial charge in [0, 0.05) is 12.3 Å². The van der Waals surface area contributed by atoms with Gasteiger partial charge in [-0.15, -0.1) is 0 Å². The number of aliphatic carboxylic acids is 1. The van der Waals surface area contributed by atoms with E-state index in [1.54, 1.807) is 42.5 Å². The van der Waals surface area contributed by atoms with E-state index in [2.05, 4.69) is 31.4 Å². The first kappa shape index (κ1) is 32.2. The quantitative estimate of drug-likeness (QED) is 0.200. The van der Waals surface area contributed by atoms with Gasteiger partial charge in [-0.25, -0.2) is 0 Å². The van der Waals surface area contributed by atoms with Gasteiger partial charge >= 0.3 is 5.97 Å². The van der Waals surface area contributed by atoms with Crippen LogP contribution in [0.15, 0.2) is 89.9 Å². The molecule has 2 amide bonds. The molecule has 0 bridgehead atoms. The smallest absolute Gasteiger partial charge is 0.305 e. The zero-order chi connectivity index (χ0) is 30.9. The number of aromatic nitrogens is 1. The molecule has 1 unspecified atom stereocenters. The van der Waals surface area contributed by atoms with E-state index in [1.807, 2.05) is 43.4 Å². The Bertz CT molecular complexity index is 1460. The van der Waals surface area contributed by atoms with E-state index in [9.17, 15) is 24.3 Å². The second-order valence-corrected chi connectivity index (χ2v) is 16.4. The summed E-state index contributed by atoms with van der Waals surface area (Å²) in [5.41, 5.74) is 0.754. The van der Waals surface area contributed by atoms with Crippen LogP contribution in [0.1, 0.15) is 44.4 Å². The summed E-state index contributed by atoms with van der Waals surface area (Å²) >= 11 is 0. The number of pyridine rings is 1. The fourth-order valence-corrected chi connectivity index (χ4v) is 5.01. The van der Waals surface area contributed by atoms with Gasteiger partial charge in [-0.3, -0.25) is 23.7 Å². The van der Waals surface area contributed by atoms with Crippen LogP contribution in [0.25, 0.3) is 6.08 Å². The molecule has 0 aliphatic carbocycles. The third-order valence-electron chi connectivity index (χ3n) is 7.32. The molecule has 0 aliphatic rings. The van der Waals surface area contributed by atoms with Crippen LogP contribution in [-0.2, 0) is 18.8 Å². The number of hydrogen-bond acceptors (Lipinski definition) is 5. The molecule has 3 rings (SSSR count). The van der Waals surface area contributed by atoms with E-state index < -0.39 is 43.7 Å². The molecule has 10 heteroatoms. The van der Waals surface area contributed by atoms with E-state index in [1.165, 1.54) is 22.9 Å². The van der Waals surface area contributed by atoms with E-state index in [4.69, 9.17) is 4.43 Å². The average Bonchev–Trinajstić information content (AvgIpc) is 2.93. The summed E-state index contributed by atoms with van der Waals surface area (Å²) in [5.74, 6) is -2.15. The summed E-state index contributed by atoms with van der Waals surface area (Å²) in [4.78, 5) is 51.6. The predicted molar refractivity (Wildman–Crippen MR) is 167 cm³/mol. The number of nitrogens with one attached hydrogen (secondary N) is 2. The molecular weight excluding hydrogens is 550 g/mol. The Morgan fingerprint density at radius 1 is 0.976 bits per heavy atom. The zero-order valence-electron chi connectivity index (χ0n) is 24.7. The number of carboxylic acid groups (broad SMARTS) is 1. The van der Waals surface area contributed by atoms with Crippen LogP contribution < -0.4 is 16.2 Å². The summed E-state index contributed by atoms with van der Waals surface area (Å²) in [6.07, 6.45) is 4.08. The highest BCUT2D eigenvalue weighted by Gasteiger charge is 2.38. The van der Waals surface area contributed by atoms with Gasteiger partial charge in [-0.05, 0) is 47.5 Å². The summed E-state index contributed by atoms with van der Waals surface area (Å²) in [6, 6.07) is 19.0. The van der Waals surface area contributed by atoms with Crippen LogP contribution in [0.2, 0.25) is 18.1 Å². The lowest BCUT2D eigenvalue weighted by atomic mass is 10.0. The van der Waals surface area contributed by atoms with Crippen molar-refractivity contribution < 1.29 is 23.9 Å². The van der Waals surface area contributed by atoms with Crippen molar-refractivity contribution in [3.05, 3.63) is 107 Å². The maximum absolute atomic E-state index is 13.8. The van der Waals surface area contributed by atoms with Gasteiger partial charge < -0.3 is 20.2 Å². The van der Waals surface area contributed by atoms with Crippen molar-refractivity contribution in [1.82, 2.24) is 9.88 Å². The largest absolute Gasteiger partial charge is 0.481 e. The Hall–Kier alpha value is -4.28. The normalized spacial score (nSPS) is 13.4. The fourth-order valence-electron chi connectivity index (χ4n) is 3.96. The minimum absolute atomic E-state index is 0.00251. The average molecular weight is 590 g/mol. The van der Waals surface area contributed by atoms with E-state index in [-0.39, 0.29) is 23.8 Å². The van der Waals surface area contributed by atoms with Gasteiger partial charge in [0.1, 0.15) is 11.7 Å². The Kier molecular flexibility index (Phi) is 10.8. The van der Waals surface area contributed by atoms with Crippen molar-refractivity contribution in [2.45, 2.75) is 57.4 Å². The van der Waals surface area contributed by atoms with Crippen LogP contribution in [0.3, 0.4) is 0 Å². The maximum Gasteiger partial charge on any atom is 0.305 e. The van der Waals surface area contributed by atoms with Crippen molar-refractivity contribution >= 4 is 37.9 Å². The number of rotatable bonds is 12. The van der Waals surface area contributed by atoms with Crippen molar-refractivity contribution in [3.8, 4) is 0 Å². The monoisotopic (exact) mass is 589 g/mol. The summed E-state index contributed by atoms with van der Waals surface area (Å²) in [7, 11) is -2.23. The Morgan fingerprint density at radius 3 is 2.19 bits per heavy atom. The summed E-state index contributed by atoms with van der Waals surface area (Å²) in [5, 5.41) is 14.9. The molecular formula is C32H39N3O6Si. The van der Waals surface area contributed by atoms with Crippen molar-refractivity contribution in [2.75, 3.05) is 11.9 Å². The third-order valence-corrected chi connectivity index (χ3v) is 11.8. The van der Waals surface area contributed by atoms with Crippen molar-refractivity contribution in [3.63, 3.8) is 0 Å². The number of carbonyl (C=O) groups is 3. The van der Waals surface area contributed by atoms with Crippen LogP contribution in [0.4, 0.5) is 5.69 Å². The van der Waals surface area contributed by atoms with E-state index in [0.29, 0.717) is 5.56 Å². The highest BCUT2D eigenvalue weighted by atomic mass is 28.4. The van der Waals surface area contributed by atoms with E-state index in [0.717, 1.165) is 5.56 Å². The van der Waals surface area contributed by atoms with Crippen LogP contribution >= 0.6 is 0 Å². The fraction of sp³-hybridized carbons (Fsp3) is 0.312. The first-order valence-electron chi connectivity index (χ1n) is 13.7. The molecule has 0 saturated carbocycles. The topological polar surface area (TPSA) is 127 Å². The lowest BCUT2D eigenvalue weighted by Crippen LogP contribution is -2.49. The van der Waals surface area contributed by atoms with Crippen molar-refractivity contribution in [2.24, 2.45) is 0 Å². The number of carboxylic acids is 1. The number of nitrogens with zero attached hydrogens (tertiary/aromatic N) is 1. The maximum atomic E-state index is 13.8. The lowest BCUT2D eigenvalue weighted by molar-refractivity contribution is -0.138. The zero-order valence-corrected chi connectivity index (χ0v) is 25.7. The molecule has 0 fully saturated rings. The number of amides is 2. The highest BCUT2D eigenvalue weighted by molar-refractivity contribution is 6.74. The Labute approximate surface area is 247 Å². The number of carbonyl (C=O) groups excluding carboxylic acids is 2. The Morgan fingerprint density at radius 2 is 1.60 bits per heavy atom. The van der Waals surface area contributed by atoms with Gasteiger partial charge in [0.05, 0.1) is 19.1 Å². The SMILES string of the molecule is CC(C)(C)[Si](C)(C)OC[C@H](CC(=O)O)NC(=O)C(c1ccccc1)n1cccc(NC(=O)/C=C/c2ccccc2)c1=O. The van der Waals surface area contributed by atoms with Gasteiger partial charge in [-0.2, -0.15) is 0 Å². The standard InChI is InChI=1S/C32H39N3O6Si/c1-32(2,3)42(4,5)41-22-25(21-28(37)38)33-30(39)29(24-15-10-7-11-16-24)35-20-12-17-26(31(35)40)34-27(36)19-18-23-13-8-6-9-14-23/h6-20,25,29H,21-22H2,1-5H3,(H,33,39)(H,34,36)(H,37,38)/b19-18+/t25-,29?/m0/s1. The number of anilines is 1. The molecule has 3 aromatic rings. The van der Waals surface area contributed by atoms with Crippen LogP contribution in [0, 0.1) is 0 Å². The molecule has 3 N–H and O–H groups in total. The first-order chi connectivity index (χ1) is 19.8. The highest BCUT2D eigenvalue weighted by Crippen LogP contribution is 2.36. The second kappa shape index (κ2) is 14.1. The molecule has 1 aromatic heterocycles. The van der Waals surface area contributed by atoms with Crippen LogP contribution in [0.5, 0.6) is 0 Å². The molecule has 2 atom stereocenters. The molecule has 0 spiro atoms. The van der Waals surface area contributed by atoms with Crippen molar-refractivity contribution in [1.29, 1.82) is 0 Å². The lowest BCUT2D eigenvalue weighted by Gasteiger charge is -2.37. The molecule has 9 nitrogen and oxygen atoms in total. The van der Waals surface area contributed by atoms with Gasteiger partial charge in [0.15, 0.2) is 8.32 Å². The summed E-state index contributed by atoms with van der Waals surface area (Å²) < 4.78 is 7.46. The first-order valence-corrected chi connectivity index (χ1v) is 16.7. The third kappa shape index (κ3) is 8.86. The van der Waals surface area contributed by atoms with Gasteiger partial charge in [0.2, 0.25) is 11.8 Å². The number of benzene rings is 2. The molecule has 222 valence electrons. The van der Waals surface area contributed by atoms with Gasteiger partial charge in [-0.1, -0.05) is 81.4 Å². The molecule has 0 aliphatic heterocycles. The minimum atomic E-state index is -2.23. The van der Waals surface area contributed by atoms with Crippen LogP contribution in [-0.4, -0.2) is 48.4 Å². The predicted octanol–water partition coefficient (Wildman–Crippen LogP) is 5.07. The minimum Gasteiger partial charge on any atom is -0.481 e. The molecule has 1 heterocycles. The number of hydrogen-bond donors (Lipinski definition) is 3. The second-order valence-electron chi connectivity index (χ2n) is 11.6. The Balaban J connectivity index is 1.89. The molecule has 0 saturated heterocycles. The molecule has 0 radical (unpaired) electrons.